The van der Waals surface area contributed by atoms with Crippen LogP contribution in [0, 0.1) is 5.92 Å². The van der Waals surface area contributed by atoms with Crippen LogP contribution in [0.15, 0.2) is 24.3 Å². The maximum Gasteiger partial charge on any atom is 0.407 e. The summed E-state index contributed by atoms with van der Waals surface area (Å²) < 4.78 is 10.7. The summed E-state index contributed by atoms with van der Waals surface area (Å²) in [6.45, 7) is 13.1. The fourth-order valence-electron chi connectivity index (χ4n) is 3.68. The van der Waals surface area contributed by atoms with Gasteiger partial charge in [0.15, 0.2) is 0 Å². The van der Waals surface area contributed by atoms with E-state index in [4.69, 9.17) is 9.47 Å². The molecule has 5 nitrogen and oxygen atoms in total. The quantitative estimate of drug-likeness (QED) is 0.806. The van der Waals surface area contributed by atoms with Gasteiger partial charge in [0.2, 0.25) is 0 Å². The lowest BCUT2D eigenvalue weighted by molar-refractivity contribution is 0.0479. The molecule has 1 aromatic rings. The monoisotopic (exact) mass is 376 g/mol. The summed E-state index contributed by atoms with van der Waals surface area (Å²) in [5.74, 6) is 1.43. The van der Waals surface area contributed by atoms with Crippen molar-refractivity contribution >= 4 is 6.09 Å². The third-order valence-electron chi connectivity index (χ3n) is 5.18. The van der Waals surface area contributed by atoms with E-state index >= 15 is 0 Å². The Balaban J connectivity index is 1.80. The van der Waals surface area contributed by atoms with E-state index in [0.29, 0.717) is 12.5 Å². The Morgan fingerprint density at radius 1 is 1.19 bits per heavy atom. The summed E-state index contributed by atoms with van der Waals surface area (Å²) in [6, 6.07) is 8.33. The molecular formula is C22H36N2O3. The van der Waals surface area contributed by atoms with Crippen molar-refractivity contribution in [2.24, 2.45) is 5.92 Å². The zero-order valence-electron chi connectivity index (χ0n) is 17.8. The van der Waals surface area contributed by atoms with Gasteiger partial charge in [0, 0.05) is 12.1 Å². The zero-order chi connectivity index (χ0) is 20.1. The Morgan fingerprint density at radius 3 is 2.44 bits per heavy atom. The number of nitrogens with zero attached hydrogens (tertiary/aromatic N) is 1. The average molecular weight is 377 g/mol. The molecule has 2 rings (SSSR count). The molecule has 1 N–H and O–H groups in total. The van der Waals surface area contributed by atoms with Crippen molar-refractivity contribution in [2.45, 2.75) is 65.0 Å². The van der Waals surface area contributed by atoms with Crippen molar-refractivity contribution in [1.29, 1.82) is 0 Å². The molecule has 0 atom stereocenters. The van der Waals surface area contributed by atoms with Gasteiger partial charge in [-0.2, -0.15) is 0 Å². The molecule has 1 aliphatic rings. The molecular weight excluding hydrogens is 340 g/mol. The van der Waals surface area contributed by atoms with Crippen molar-refractivity contribution in [1.82, 2.24) is 10.2 Å². The van der Waals surface area contributed by atoms with Crippen LogP contribution in [0.3, 0.4) is 0 Å². The van der Waals surface area contributed by atoms with Gasteiger partial charge in [0.05, 0.1) is 7.11 Å². The number of ether oxygens (including phenoxy) is 2. The van der Waals surface area contributed by atoms with Crippen LogP contribution in [-0.2, 0) is 11.2 Å². The Kier molecular flexibility index (Phi) is 7.15. The lowest BCUT2D eigenvalue weighted by atomic mass is 9.88. The number of methoxy groups -OCH3 is 1. The first kappa shape index (κ1) is 21.5. The maximum atomic E-state index is 11.8. The van der Waals surface area contributed by atoms with Crippen molar-refractivity contribution in [3.05, 3.63) is 29.8 Å². The molecule has 152 valence electrons. The van der Waals surface area contributed by atoms with Crippen molar-refractivity contribution in [3.8, 4) is 5.75 Å². The molecule has 0 unspecified atom stereocenters. The van der Waals surface area contributed by atoms with Gasteiger partial charge in [-0.3, -0.25) is 4.90 Å². The van der Waals surface area contributed by atoms with E-state index in [-0.39, 0.29) is 11.6 Å². The molecule has 0 bridgehead atoms. The summed E-state index contributed by atoms with van der Waals surface area (Å²) in [7, 11) is 1.71. The fraction of sp³-hybridized carbons (Fsp3) is 0.682. The molecule has 27 heavy (non-hydrogen) atoms. The average Bonchev–Trinajstić information content (AvgIpc) is 2.58. The standard InChI is InChI=1S/C22H36N2O3/c1-21(2,3)27-20(25)23-16-17-10-12-24(13-11-17)22(4,5)15-18-8-7-9-19(14-18)26-6/h7-9,14,17H,10-13,15-16H2,1-6H3,(H,23,25). The van der Waals surface area contributed by atoms with Gasteiger partial charge in [-0.25, -0.2) is 4.79 Å². The first-order chi connectivity index (χ1) is 12.6. The number of rotatable bonds is 6. The van der Waals surface area contributed by atoms with Gasteiger partial charge in [-0.1, -0.05) is 12.1 Å². The lowest BCUT2D eigenvalue weighted by Gasteiger charge is -2.43. The van der Waals surface area contributed by atoms with Gasteiger partial charge >= 0.3 is 6.09 Å². The second-order valence-electron chi connectivity index (χ2n) is 9.15. The summed E-state index contributed by atoms with van der Waals surface area (Å²) in [4.78, 5) is 14.4. The van der Waals surface area contributed by atoms with E-state index < -0.39 is 5.60 Å². The highest BCUT2D eigenvalue weighted by Crippen LogP contribution is 2.28. The van der Waals surface area contributed by atoms with Crippen LogP contribution in [0.2, 0.25) is 0 Å². The SMILES string of the molecule is COc1cccc(CC(C)(C)N2CCC(CNC(=O)OC(C)(C)C)CC2)c1. The van der Waals surface area contributed by atoms with Crippen LogP contribution in [-0.4, -0.2) is 48.9 Å². The third-order valence-corrected chi connectivity index (χ3v) is 5.18. The van der Waals surface area contributed by atoms with Gasteiger partial charge in [-0.05, 0) is 90.6 Å². The smallest absolute Gasteiger partial charge is 0.407 e. The normalized spacial score (nSPS) is 16.8. The van der Waals surface area contributed by atoms with E-state index in [2.05, 4.69) is 42.3 Å². The Labute approximate surface area is 164 Å². The van der Waals surface area contributed by atoms with Crippen LogP contribution < -0.4 is 10.1 Å². The predicted molar refractivity (Wildman–Crippen MR) is 109 cm³/mol. The fourth-order valence-corrected chi connectivity index (χ4v) is 3.68. The number of benzene rings is 1. The zero-order valence-corrected chi connectivity index (χ0v) is 17.8. The largest absolute Gasteiger partial charge is 0.497 e. The topological polar surface area (TPSA) is 50.8 Å². The van der Waals surface area contributed by atoms with Gasteiger partial charge in [0.25, 0.3) is 0 Å². The molecule has 1 heterocycles. The van der Waals surface area contributed by atoms with E-state index in [9.17, 15) is 4.79 Å². The highest BCUT2D eigenvalue weighted by molar-refractivity contribution is 5.67. The van der Waals surface area contributed by atoms with E-state index in [1.807, 2.05) is 26.8 Å². The van der Waals surface area contributed by atoms with Crippen LogP contribution in [0.25, 0.3) is 0 Å². The van der Waals surface area contributed by atoms with Crippen LogP contribution in [0.5, 0.6) is 5.75 Å². The van der Waals surface area contributed by atoms with Crippen LogP contribution in [0.1, 0.15) is 53.0 Å². The minimum Gasteiger partial charge on any atom is -0.497 e. The number of hydrogen-bond acceptors (Lipinski definition) is 4. The van der Waals surface area contributed by atoms with E-state index in [1.54, 1.807) is 7.11 Å². The second-order valence-corrected chi connectivity index (χ2v) is 9.15. The molecule has 1 saturated heterocycles. The first-order valence-electron chi connectivity index (χ1n) is 9.94. The number of hydrogen-bond donors (Lipinski definition) is 1. The molecule has 0 radical (unpaired) electrons. The van der Waals surface area contributed by atoms with Crippen molar-refractivity contribution in [3.63, 3.8) is 0 Å². The van der Waals surface area contributed by atoms with Gasteiger partial charge in [-0.15, -0.1) is 0 Å². The van der Waals surface area contributed by atoms with E-state index in [0.717, 1.165) is 38.1 Å². The summed E-state index contributed by atoms with van der Waals surface area (Å²) >= 11 is 0. The predicted octanol–water partition coefficient (Wildman–Crippen LogP) is 4.25. The summed E-state index contributed by atoms with van der Waals surface area (Å²) in [5.41, 5.74) is 0.945. The summed E-state index contributed by atoms with van der Waals surface area (Å²) in [5, 5.41) is 2.92. The number of piperidine rings is 1. The molecule has 0 aromatic heterocycles. The minimum atomic E-state index is -0.447. The molecule has 1 aromatic carbocycles. The maximum absolute atomic E-state index is 11.8. The van der Waals surface area contributed by atoms with Crippen LogP contribution >= 0.6 is 0 Å². The van der Waals surface area contributed by atoms with Crippen LogP contribution in [0.4, 0.5) is 4.79 Å². The Bertz CT molecular complexity index is 614. The highest BCUT2D eigenvalue weighted by atomic mass is 16.6. The highest BCUT2D eigenvalue weighted by Gasteiger charge is 2.31. The Morgan fingerprint density at radius 2 is 1.85 bits per heavy atom. The Hall–Kier alpha value is -1.75. The molecule has 0 saturated carbocycles. The second kappa shape index (κ2) is 8.96. The number of carbonyl (C=O) groups excluding carboxylic acids is 1. The van der Waals surface area contributed by atoms with Crippen molar-refractivity contribution < 1.29 is 14.3 Å². The number of nitrogens with one attached hydrogen (secondary N) is 1. The van der Waals surface area contributed by atoms with E-state index in [1.165, 1.54) is 5.56 Å². The number of likely N-dealkylation sites (tertiary alicyclic amines) is 1. The molecule has 5 heteroatoms. The first-order valence-corrected chi connectivity index (χ1v) is 9.94. The van der Waals surface area contributed by atoms with Crippen molar-refractivity contribution in [2.75, 3.05) is 26.7 Å². The number of alkyl carbamates (subject to hydrolysis) is 1. The molecule has 0 aliphatic carbocycles. The van der Waals surface area contributed by atoms with Gasteiger partial charge in [0.1, 0.15) is 11.4 Å². The summed E-state index contributed by atoms with van der Waals surface area (Å²) in [6.07, 6.45) is 2.86. The molecule has 1 fully saturated rings. The number of carbonyl (C=O) groups is 1. The van der Waals surface area contributed by atoms with Gasteiger partial charge < -0.3 is 14.8 Å². The number of amides is 1. The molecule has 0 spiro atoms. The third kappa shape index (κ3) is 7.06. The molecule has 1 aliphatic heterocycles. The molecule has 1 amide bonds. The lowest BCUT2D eigenvalue weighted by Crippen LogP contribution is -2.50. The minimum absolute atomic E-state index is 0.0932.